The zero-order chi connectivity index (χ0) is 15.2. The minimum Gasteiger partial charge on any atom is -0.316 e. The van der Waals surface area contributed by atoms with Crippen LogP contribution in [0.1, 0.15) is 18.9 Å². The van der Waals surface area contributed by atoms with Gasteiger partial charge in [0, 0.05) is 13.1 Å². The van der Waals surface area contributed by atoms with E-state index in [4.69, 9.17) is 6.42 Å². The Balaban J connectivity index is 3.25. The summed E-state index contributed by atoms with van der Waals surface area (Å²) >= 11 is 0. The topological polar surface area (TPSA) is 49.4 Å². The third-order valence-electron chi connectivity index (χ3n) is 2.73. The second-order valence-electron chi connectivity index (χ2n) is 4.34. The number of rotatable bonds is 7. The van der Waals surface area contributed by atoms with Gasteiger partial charge in [0.15, 0.2) is 0 Å². The van der Waals surface area contributed by atoms with Gasteiger partial charge in [-0.05, 0) is 31.2 Å². The fourth-order valence-corrected chi connectivity index (χ4v) is 3.39. The average molecular weight is 298 g/mol. The predicted molar refractivity (Wildman–Crippen MR) is 77.0 cm³/mol. The standard InChI is InChI=1S/C14H19FN2O2S/c1-4-8-17(9-5-2)20(18,19)14-10-12(11-16-3)6-7-13(14)15/h1,6-7,10,16H,5,8-9,11H2,2-3H3. The van der Waals surface area contributed by atoms with E-state index in [0.29, 0.717) is 18.5 Å². The fraction of sp³-hybridized carbons (Fsp3) is 0.429. The van der Waals surface area contributed by atoms with E-state index in [9.17, 15) is 12.8 Å². The smallest absolute Gasteiger partial charge is 0.246 e. The lowest BCUT2D eigenvalue weighted by molar-refractivity contribution is 0.440. The third kappa shape index (κ3) is 3.79. The number of terminal acetylenes is 1. The van der Waals surface area contributed by atoms with Crippen LogP contribution in [0.15, 0.2) is 23.1 Å². The first-order chi connectivity index (χ1) is 9.47. The summed E-state index contributed by atoms with van der Waals surface area (Å²) in [5.74, 6) is 1.54. The minimum absolute atomic E-state index is 0.0636. The molecule has 1 aromatic carbocycles. The lowest BCUT2D eigenvalue weighted by atomic mass is 10.2. The van der Waals surface area contributed by atoms with Gasteiger partial charge in [0.1, 0.15) is 10.7 Å². The minimum atomic E-state index is -3.91. The number of nitrogens with one attached hydrogen (secondary N) is 1. The molecule has 0 aromatic heterocycles. The van der Waals surface area contributed by atoms with Crippen LogP contribution in [0.5, 0.6) is 0 Å². The van der Waals surface area contributed by atoms with Gasteiger partial charge in [-0.1, -0.05) is 18.9 Å². The maximum atomic E-state index is 13.9. The van der Waals surface area contributed by atoms with Crippen molar-refractivity contribution in [2.45, 2.75) is 24.8 Å². The van der Waals surface area contributed by atoms with E-state index in [1.807, 2.05) is 6.92 Å². The van der Waals surface area contributed by atoms with Gasteiger partial charge in [0.05, 0.1) is 6.54 Å². The molecular formula is C14H19FN2O2S. The Morgan fingerprint density at radius 2 is 2.15 bits per heavy atom. The van der Waals surface area contributed by atoms with E-state index < -0.39 is 15.8 Å². The Bertz CT molecular complexity index is 594. The van der Waals surface area contributed by atoms with Crippen LogP contribution >= 0.6 is 0 Å². The zero-order valence-electron chi connectivity index (χ0n) is 11.7. The number of halogens is 1. The van der Waals surface area contributed by atoms with Crippen LogP contribution in [0.3, 0.4) is 0 Å². The maximum Gasteiger partial charge on any atom is 0.246 e. The second kappa shape index (κ2) is 7.39. The molecule has 0 atom stereocenters. The molecule has 0 fully saturated rings. The normalized spacial score (nSPS) is 11.6. The van der Waals surface area contributed by atoms with Crippen molar-refractivity contribution in [2.24, 2.45) is 0 Å². The highest BCUT2D eigenvalue weighted by atomic mass is 32.2. The van der Waals surface area contributed by atoms with Gasteiger partial charge in [-0.15, -0.1) is 6.42 Å². The van der Waals surface area contributed by atoms with Crippen LogP contribution in [0.2, 0.25) is 0 Å². The maximum absolute atomic E-state index is 13.9. The summed E-state index contributed by atoms with van der Waals surface area (Å²) in [6.07, 6.45) is 5.80. The summed E-state index contributed by atoms with van der Waals surface area (Å²) in [7, 11) is -2.17. The first-order valence-corrected chi connectivity index (χ1v) is 7.78. The van der Waals surface area contributed by atoms with Crippen LogP contribution in [0.4, 0.5) is 4.39 Å². The van der Waals surface area contributed by atoms with Gasteiger partial charge in [0.25, 0.3) is 0 Å². The highest BCUT2D eigenvalue weighted by Crippen LogP contribution is 2.21. The Morgan fingerprint density at radius 3 is 2.70 bits per heavy atom. The predicted octanol–water partition coefficient (Wildman–Crippen LogP) is 1.58. The summed E-state index contributed by atoms with van der Waals surface area (Å²) in [5, 5.41) is 2.90. The van der Waals surface area contributed by atoms with E-state index in [1.54, 1.807) is 13.1 Å². The SMILES string of the molecule is C#CCN(CCC)S(=O)(=O)c1cc(CNC)ccc1F. The molecule has 0 aliphatic rings. The Kier molecular flexibility index (Phi) is 6.14. The molecule has 0 amide bonds. The lowest BCUT2D eigenvalue weighted by Crippen LogP contribution is -2.33. The van der Waals surface area contributed by atoms with Gasteiger partial charge in [-0.2, -0.15) is 4.31 Å². The van der Waals surface area contributed by atoms with Crippen LogP contribution in [-0.4, -0.2) is 32.9 Å². The van der Waals surface area contributed by atoms with Gasteiger partial charge in [-0.3, -0.25) is 0 Å². The average Bonchev–Trinajstić information content (AvgIpc) is 2.41. The van der Waals surface area contributed by atoms with E-state index in [0.717, 1.165) is 4.31 Å². The molecule has 6 heteroatoms. The van der Waals surface area contributed by atoms with Crippen molar-refractivity contribution in [2.75, 3.05) is 20.1 Å². The van der Waals surface area contributed by atoms with Crippen molar-refractivity contribution < 1.29 is 12.8 Å². The molecule has 1 rings (SSSR count). The number of sulfonamides is 1. The molecule has 0 saturated heterocycles. The van der Waals surface area contributed by atoms with Crippen molar-refractivity contribution in [3.63, 3.8) is 0 Å². The van der Waals surface area contributed by atoms with E-state index in [2.05, 4.69) is 11.2 Å². The molecule has 0 saturated carbocycles. The van der Waals surface area contributed by atoms with Gasteiger partial charge >= 0.3 is 0 Å². The second-order valence-corrected chi connectivity index (χ2v) is 6.24. The zero-order valence-corrected chi connectivity index (χ0v) is 12.5. The molecule has 110 valence electrons. The molecule has 0 heterocycles. The summed E-state index contributed by atoms with van der Waals surface area (Å²) in [5.41, 5.74) is 0.699. The molecule has 1 N–H and O–H groups in total. The molecular weight excluding hydrogens is 279 g/mol. The molecule has 20 heavy (non-hydrogen) atoms. The lowest BCUT2D eigenvalue weighted by Gasteiger charge is -2.20. The molecule has 0 radical (unpaired) electrons. The molecule has 0 aliphatic carbocycles. The van der Waals surface area contributed by atoms with E-state index in [-0.39, 0.29) is 18.0 Å². The Morgan fingerprint density at radius 1 is 1.45 bits per heavy atom. The number of nitrogens with zero attached hydrogens (tertiary/aromatic N) is 1. The number of hydrogen-bond donors (Lipinski definition) is 1. The van der Waals surface area contributed by atoms with Gasteiger partial charge in [0.2, 0.25) is 10.0 Å². The van der Waals surface area contributed by atoms with Crippen molar-refractivity contribution in [3.8, 4) is 12.3 Å². The van der Waals surface area contributed by atoms with Crippen LogP contribution in [-0.2, 0) is 16.6 Å². The third-order valence-corrected chi connectivity index (χ3v) is 4.60. The van der Waals surface area contributed by atoms with Gasteiger partial charge in [-0.25, -0.2) is 12.8 Å². The van der Waals surface area contributed by atoms with E-state index >= 15 is 0 Å². The largest absolute Gasteiger partial charge is 0.316 e. The quantitative estimate of drug-likeness (QED) is 0.778. The van der Waals surface area contributed by atoms with E-state index in [1.165, 1.54) is 12.1 Å². The summed E-state index contributed by atoms with van der Waals surface area (Å²) in [6.45, 7) is 2.51. The fourth-order valence-electron chi connectivity index (χ4n) is 1.83. The summed E-state index contributed by atoms with van der Waals surface area (Å²) < 4.78 is 39.9. The van der Waals surface area contributed by atoms with Crippen molar-refractivity contribution in [3.05, 3.63) is 29.6 Å². The summed E-state index contributed by atoms with van der Waals surface area (Å²) in [4.78, 5) is -0.325. The van der Waals surface area contributed by atoms with Crippen molar-refractivity contribution in [1.29, 1.82) is 0 Å². The van der Waals surface area contributed by atoms with Crippen molar-refractivity contribution in [1.82, 2.24) is 9.62 Å². The van der Waals surface area contributed by atoms with Crippen LogP contribution in [0.25, 0.3) is 0 Å². The van der Waals surface area contributed by atoms with Crippen LogP contribution < -0.4 is 5.32 Å². The molecule has 0 bridgehead atoms. The Hall–Kier alpha value is -1.42. The van der Waals surface area contributed by atoms with Crippen molar-refractivity contribution >= 4 is 10.0 Å². The highest BCUT2D eigenvalue weighted by Gasteiger charge is 2.26. The summed E-state index contributed by atoms with van der Waals surface area (Å²) in [6, 6.07) is 4.07. The number of hydrogen-bond acceptors (Lipinski definition) is 3. The molecule has 0 unspecified atom stereocenters. The highest BCUT2D eigenvalue weighted by molar-refractivity contribution is 7.89. The Labute approximate surface area is 120 Å². The first kappa shape index (κ1) is 16.6. The molecule has 1 aromatic rings. The van der Waals surface area contributed by atoms with Crippen LogP contribution in [0, 0.1) is 18.2 Å². The molecule has 4 nitrogen and oxygen atoms in total. The monoisotopic (exact) mass is 298 g/mol. The first-order valence-electron chi connectivity index (χ1n) is 6.34. The molecule has 0 aliphatic heterocycles. The number of benzene rings is 1. The molecule has 0 spiro atoms. The van der Waals surface area contributed by atoms with Gasteiger partial charge < -0.3 is 5.32 Å².